The largest absolute Gasteiger partial charge is 0.480 e. The zero-order chi connectivity index (χ0) is 15.3. The second kappa shape index (κ2) is 7.04. The highest BCUT2D eigenvalue weighted by Crippen LogP contribution is 2.05. The van der Waals surface area contributed by atoms with E-state index in [0.29, 0.717) is 6.42 Å². The van der Waals surface area contributed by atoms with Gasteiger partial charge in [0.15, 0.2) is 0 Å². The average Bonchev–Trinajstić information content (AvgIpc) is 2.73. The summed E-state index contributed by atoms with van der Waals surface area (Å²) in [5.74, 6) is -1.25. The molecule has 0 spiro atoms. The Morgan fingerprint density at radius 3 is 2.60 bits per heavy atom. The summed E-state index contributed by atoms with van der Waals surface area (Å²) in [5.41, 5.74) is 6.48. The van der Waals surface area contributed by atoms with Gasteiger partial charge in [0.25, 0.3) is 0 Å². The number of nitrogens with one attached hydrogen (secondary N) is 1. The maximum absolute atomic E-state index is 11.9. The fraction of sp³-hybridized carbons (Fsp3) is 0.615. The Morgan fingerprint density at radius 2 is 2.15 bits per heavy atom. The first kappa shape index (κ1) is 16.2. The number of hydrogen-bond donors (Lipinski definition) is 3. The summed E-state index contributed by atoms with van der Waals surface area (Å²) >= 11 is 0. The molecule has 7 nitrogen and oxygen atoms in total. The van der Waals surface area contributed by atoms with Gasteiger partial charge in [-0.05, 0) is 12.3 Å². The summed E-state index contributed by atoms with van der Waals surface area (Å²) < 4.78 is 1.72. The molecule has 7 heteroatoms. The van der Waals surface area contributed by atoms with Crippen LogP contribution < -0.4 is 11.1 Å². The minimum absolute atomic E-state index is 0.173. The molecule has 112 valence electrons. The molecule has 0 aliphatic heterocycles. The summed E-state index contributed by atoms with van der Waals surface area (Å²) in [7, 11) is 1.77. The van der Waals surface area contributed by atoms with E-state index < -0.39 is 24.0 Å². The van der Waals surface area contributed by atoms with E-state index in [1.54, 1.807) is 24.1 Å². The molecule has 0 fully saturated rings. The predicted molar refractivity (Wildman–Crippen MR) is 73.9 cm³/mol. The van der Waals surface area contributed by atoms with Crippen LogP contribution in [0.25, 0.3) is 0 Å². The van der Waals surface area contributed by atoms with E-state index in [9.17, 15) is 14.7 Å². The maximum Gasteiger partial charge on any atom is 0.326 e. The van der Waals surface area contributed by atoms with Crippen molar-refractivity contribution in [2.24, 2.45) is 18.7 Å². The summed E-state index contributed by atoms with van der Waals surface area (Å²) in [5, 5.41) is 11.7. The first-order valence-electron chi connectivity index (χ1n) is 6.55. The van der Waals surface area contributed by atoms with Crippen molar-refractivity contribution < 1.29 is 14.7 Å². The van der Waals surface area contributed by atoms with Crippen LogP contribution in [0.2, 0.25) is 0 Å². The van der Waals surface area contributed by atoms with Crippen LogP contribution in [0, 0.1) is 5.92 Å². The zero-order valence-corrected chi connectivity index (χ0v) is 12.0. The number of aromatic nitrogens is 2. The Bertz CT molecular complexity index is 470. The van der Waals surface area contributed by atoms with Crippen molar-refractivity contribution in [1.82, 2.24) is 14.9 Å². The van der Waals surface area contributed by atoms with E-state index in [2.05, 4.69) is 10.3 Å². The van der Waals surface area contributed by atoms with E-state index in [0.717, 1.165) is 5.69 Å². The lowest BCUT2D eigenvalue weighted by Crippen LogP contribution is -2.49. The summed E-state index contributed by atoms with van der Waals surface area (Å²) in [6.45, 7) is 3.91. The van der Waals surface area contributed by atoms with Crippen molar-refractivity contribution in [2.75, 3.05) is 0 Å². The fourth-order valence-electron chi connectivity index (χ4n) is 1.88. The van der Waals surface area contributed by atoms with Crippen molar-refractivity contribution in [1.29, 1.82) is 0 Å². The molecular formula is C13H22N4O3. The number of rotatable bonds is 7. The Kier molecular flexibility index (Phi) is 5.69. The molecule has 0 bridgehead atoms. The van der Waals surface area contributed by atoms with E-state index in [1.807, 2.05) is 13.8 Å². The van der Waals surface area contributed by atoms with Gasteiger partial charge in [-0.15, -0.1) is 0 Å². The van der Waals surface area contributed by atoms with Crippen LogP contribution in [-0.4, -0.2) is 38.6 Å². The number of nitrogens with two attached hydrogens (primary N) is 1. The Labute approximate surface area is 118 Å². The highest BCUT2D eigenvalue weighted by molar-refractivity contribution is 5.86. The molecule has 0 aliphatic rings. The Morgan fingerprint density at radius 1 is 1.50 bits per heavy atom. The van der Waals surface area contributed by atoms with E-state index in [-0.39, 0.29) is 12.3 Å². The molecule has 0 saturated carbocycles. The van der Waals surface area contributed by atoms with Crippen molar-refractivity contribution in [3.05, 3.63) is 18.2 Å². The summed E-state index contributed by atoms with van der Waals surface area (Å²) in [6, 6.07) is -1.69. The minimum atomic E-state index is -1.09. The number of hydrogen-bond acceptors (Lipinski definition) is 4. The Balaban J connectivity index is 2.66. The molecule has 1 heterocycles. The smallest absolute Gasteiger partial charge is 0.326 e. The molecule has 1 amide bonds. The van der Waals surface area contributed by atoms with Crippen LogP contribution in [0.4, 0.5) is 0 Å². The molecule has 1 rings (SSSR count). The lowest BCUT2D eigenvalue weighted by molar-refractivity contribution is -0.142. The normalized spacial score (nSPS) is 14.1. The highest BCUT2D eigenvalue weighted by atomic mass is 16.4. The van der Waals surface area contributed by atoms with Gasteiger partial charge in [0.1, 0.15) is 6.04 Å². The van der Waals surface area contributed by atoms with Crippen molar-refractivity contribution >= 4 is 11.9 Å². The van der Waals surface area contributed by atoms with Crippen LogP contribution in [0.1, 0.15) is 26.0 Å². The van der Waals surface area contributed by atoms with Gasteiger partial charge < -0.3 is 20.7 Å². The number of amides is 1. The number of aliphatic carboxylic acids is 1. The molecule has 1 aromatic rings. The first-order chi connectivity index (χ1) is 9.31. The zero-order valence-electron chi connectivity index (χ0n) is 12.0. The van der Waals surface area contributed by atoms with E-state index in [1.165, 1.54) is 0 Å². The second-order valence-corrected chi connectivity index (χ2v) is 5.34. The topological polar surface area (TPSA) is 110 Å². The third-order valence-electron chi connectivity index (χ3n) is 3.01. The van der Waals surface area contributed by atoms with Gasteiger partial charge in [0.05, 0.1) is 12.4 Å². The van der Waals surface area contributed by atoms with E-state index >= 15 is 0 Å². The minimum Gasteiger partial charge on any atom is -0.480 e. The molecule has 2 unspecified atom stereocenters. The van der Waals surface area contributed by atoms with Gasteiger partial charge >= 0.3 is 5.97 Å². The second-order valence-electron chi connectivity index (χ2n) is 5.34. The molecule has 0 aromatic carbocycles. The highest BCUT2D eigenvalue weighted by Gasteiger charge is 2.24. The maximum atomic E-state index is 11.9. The molecule has 0 saturated heterocycles. The molecule has 2 atom stereocenters. The molecule has 20 heavy (non-hydrogen) atoms. The number of imidazole rings is 1. The van der Waals surface area contributed by atoms with Crippen molar-refractivity contribution in [3.63, 3.8) is 0 Å². The monoisotopic (exact) mass is 282 g/mol. The number of carbonyl (C=O) groups excluding carboxylic acids is 1. The molecule has 4 N–H and O–H groups in total. The van der Waals surface area contributed by atoms with E-state index in [4.69, 9.17) is 5.73 Å². The standard InChI is InChI=1S/C13H22N4O3/c1-8(2)4-10(14)12(18)16-11(13(19)20)5-9-6-15-7-17(9)3/h6-8,10-11H,4-5,14H2,1-3H3,(H,16,18)(H,19,20). The van der Waals surface area contributed by atoms with Gasteiger partial charge in [-0.25, -0.2) is 9.78 Å². The van der Waals surface area contributed by atoms with Gasteiger partial charge in [0, 0.05) is 25.4 Å². The SMILES string of the molecule is CC(C)CC(N)C(=O)NC(Cc1cncn1C)C(=O)O. The number of carboxylic acid groups (broad SMARTS) is 1. The first-order valence-corrected chi connectivity index (χ1v) is 6.55. The number of nitrogens with zero attached hydrogens (tertiary/aromatic N) is 2. The lowest BCUT2D eigenvalue weighted by Gasteiger charge is -2.19. The van der Waals surface area contributed by atoms with Crippen molar-refractivity contribution in [3.8, 4) is 0 Å². The molecule has 0 radical (unpaired) electrons. The molecule has 0 aliphatic carbocycles. The van der Waals surface area contributed by atoms with Crippen LogP contribution in [0.3, 0.4) is 0 Å². The third kappa shape index (κ3) is 4.65. The number of aryl methyl sites for hydroxylation is 1. The third-order valence-corrected chi connectivity index (χ3v) is 3.01. The fourth-order valence-corrected chi connectivity index (χ4v) is 1.88. The number of carboxylic acids is 1. The summed E-state index contributed by atoms with van der Waals surface area (Å²) in [6.07, 6.45) is 3.85. The molecular weight excluding hydrogens is 260 g/mol. The number of carbonyl (C=O) groups is 2. The van der Waals surface area contributed by atoms with Gasteiger partial charge in [-0.3, -0.25) is 4.79 Å². The van der Waals surface area contributed by atoms with Crippen LogP contribution >= 0.6 is 0 Å². The van der Waals surface area contributed by atoms with Gasteiger partial charge in [-0.2, -0.15) is 0 Å². The average molecular weight is 282 g/mol. The van der Waals surface area contributed by atoms with Crippen LogP contribution in [0.15, 0.2) is 12.5 Å². The molecule has 1 aromatic heterocycles. The van der Waals surface area contributed by atoms with Crippen LogP contribution in [-0.2, 0) is 23.1 Å². The predicted octanol–water partition coefficient (Wildman–Crippen LogP) is -0.0946. The van der Waals surface area contributed by atoms with Crippen LogP contribution in [0.5, 0.6) is 0 Å². The van der Waals surface area contributed by atoms with Crippen molar-refractivity contribution in [2.45, 2.75) is 38.8 Å². The Hall–Kier alpha value is -1.89. The quantitative estimate of drug-likeness (QED) is 0.647. The van der Waals surface area contributed by atoms with Gasteiger partial charge in [-0.1, -0.05) is 13.8 Å². The van der Waals surface area contributed by atoms with Gasteiger partial charge in [0.2, 0.25) is 5.91 Å². The lowest BCUT2D eigenvalue weighted by atomic mass is 10.0. The summed E-state index contributed by atoms with van der Waals surface area (Å²) in [4.78, 5) is 27.0.